The van der Waals surface area contributed by atoms with Crippen LogP contribution in [0.2, 0.25) is 0 Å². The third-order valence-electron chi connectivity index (χ3n) is 5.91. The summed E-state index contributed by atoms with van der Waals surface area (Å²) in [6.45, 7) is 1.37. The highest BCUT2D eigenvalue weighted by Crippen LogP contribution is 2.31. The van der Waals surface area contributed by atoms with Gasteiger partial charge in [0.2, 0.25) is 0 Å². The Morgan fingerprint density at radius 2 is 1.97 bits per heavy atom. The average Bonchev–Trinajstić information content (AvgIpc) is 3.40. The minimum Gasteiger partial charge on any atom is -0.507 e. The van der Waals surface area contributed by atoms with Crippen molar-refractivity contribution in [3.05, 3.63) is 65.0 Å². The number of para-hydroxylation sites is 1. The molecule has 0 spiro atoms. The number of likely N-dealkylation sites (tertiary alicyclic amines) is 1. The number of carbonyl (C=O) groups is 1. The lowest BCUT2D eigenvalue weighted by Gasteiger charge is -2.33. The van der Waals surface area contributed by atoms with Crippen LogP contribution in [0.15, 0.2) is 59.3 Å². The van der Waals surface area contributed by atoms with E-state index in [1.54, 1.807) is 22.8 Å². The highest BCUT2D eigenvalue weighted by Gasteiger charge is 2.25. The quantitative estimate of drug-likeness (QED) is 0.448. The molecule has 0 unspecified atom stereocenters. The maximum Gasteiger partial charge on any atom is 0.270 e. The predicted octanol–water partition coefficient (Wildman–Crippen LogP) is 3.92. The van der Waals surface area contributed by atoms with Gasteiger partial charge in [-0.25, -0.2) is 4.98 Å². The number of rotatable bonds is 4. The Kier molecular flexibility index (Phi) is 5.34. The second-order valence-corrected chi connectivity index (χ2v) is 8.84. The number of halogens is 1. The molecule has 2 N–H and O–H groups in total. The van der Waals surface area contributed by atoms with Crippen molar-refractivity contribution in [2.45, 2.75) is 18.9 Å². The van der Waals surface area contributed by atoms with Gasteiger partial charge in [-0.2, -0.15) is 9.61 Å². The summed E-state index contributed by atoms with van der Waals surface area (Å²) in [5.41, 5.74) is 2.70. The van der Waals surface area contributed by atoms with Crippen LogP contribution in [0.5, 0.6) is 5.75 Å². The molecule has 32 heavy (non-hydrogen) atoms. The molecule has 1 saturated heterocycles. The molecule has 3 aromatic heterocycles. The molecule has 0 radical (unpaired) electrons. The van der Waals surface area contributed by atoms with E-state index in [9.17, 15) is 9.90 Å². The Morgan fingerprint density at radius 3 is 2.69 bits per heavy atom. The van der Waals surface area contributed by atoms with E-state index in [2.05, 4.69) is 31.3 Å². The van der Waals surface area contributed by atoms with E-state index in [-0.39, 0.29) is 17.7 Å². The Labute approximate surface area is 193 Å². The summed E-state index contributed by atoms with van der Waals surface area (Å²) in [4.78, 5) is 19.4. The number of hydrogen-bond donors (Lipinski definition) is 2. The van der Waals surface area contributed by atoms with Crippen LogP contribution in [0.25, 0.3) is 16.9 Å². The van der Waals surface area contributed by atoms with Crippen LogP contribution in [0.1, 0.15) is 23.3 Å². The van der Waals surface area contributed by atoms with Gasteiger partial charge in [-0.15, -0.1) is 0 Å². The van der Waals surface area contributed by atoms with Gasteiger partial charge >= 0.3 is 0 Å². The van der Waals surface area contributed by atoms with Gasteiger partial charge in [0, 0.05) is 44.0 Å². The summed E-state index contributed by atoms with van der Waals surface area (Å²) >= 11 is 3.52. The van der Waals surface area contributed by atoms with Gasteiger partial charge in [-0.3, -0.25) is 4.79 Å². The molecule has 1 amide bonds. The lowest BCUT2D eigenvalue weighted by Crippen LogP contribution is -2.43. The summed E-state index contributed by atoms with van der Waals surface area (Å²) in [6.07, 6.45) is 5.26. The van der Waals surface area contributed by atoms with Crippen LogP contribution < -0.4 is 5.32 Å². The first kappa shape index (κ1) is 20.6. The van der Waals surface area contributed by atoms with Crippen LogP contribution in [0.4, 0.5) is 5.82 Å². The lowest BCUT2D eigenvalue weighted by molar-refractivity contribution is 0.0709. The van der Waals surface area contributed by atoms with E-state index in [1.807, 2.05) is 53.0 Å². The topological polar surface area (TPSA) is 87.7 Å². The molecule has 4 aromatic rings. The number of benzene rings is 1. The van der Waals surface area contributed by atoms with Crippen LogP contribution in [0.3, 0.4) is 0 Å². The Bertz CT molecular complexity index is 1290. The van der Waals surface area contributed by atoms with Gasteiger partial charge in [0.15, 0.2) is 5.65 Å². The molecule has 164 valence electrons. The van der Waals surface area contributed by atoms with Crippen LogP contribution in [0, 0.1) is 0 Å². The van der Waals surface area contributed by atoms with E-state index in [4.69, 9.17) is 0 Å². The zero-order valence-electron chi connectivity index (χ0n) is 17.6. The van der Waals surface area contributed by atoms with Crippen molar-refractivity contribution in [2.24, 2.45) is 7.05 Å². The summed E-state index contributed by atoms with van der Waals surface area (Å²) in [5, 5.41) is 18.3. The van der Waals surface area contributed by atoms with Gasteiger partial charge in [-0.05, 0) is 53.0 Å². The number of nitrogens with zero attached hydrogens (tertiary/aromatic N) is 5. The largest absolute Gasteiger partial charge is 0.507 e. The first-order valence-corrected chi connectivity index (χ1v) is 11.3. The standard InChI is InChI=1S/C23H23BrN6O2/c1-28-10-4-6-19(28)23(32)29-11-8-15(9-12-29)26-21-13-18(16-5-2-3-7-20(16)31)27-22-17(24)14-25-30(21)22/h2-7,10,13-15,26,31H,8-9,11-12H2,1H3. The van der Waals surface area contributed by atoms with Crippen molar-refractivity contribution < 1.29 is 9.90 Å². The van der Waals surface area contributed by atoms with Crippen molar-refractivity contribution >= 4 is 33.3 Å². The number of aromatic nitrogens is 4. The van der Waals surface area contributed by atoms with Gasteiger partial charge in [0.1, 0.15) is 17.3 Å². The third-order valence-corrected chi connectivity index (χ3v) is 6.47. The highest BCUT2D eigenvalue weighted by atomic mass is 79.9. The maximum atomic E-state index is 12.8. The molecule has 4 heterocycles. The minimum absolute atomic E-state index is 0.0695. The van der Waals surface area contributed by atoms with Crippen molar-refractivity contribution in [1.29, 1.82) is 0 Å². The lowest BCUT2D eigenvalue weighted by atomic mass is 10.0. The third kappa shape index (κ3) is 3.73. The molecule has 5 rings (SSSR count). The SMILES string of the molecule is Cn1cccc1C(=O)N1CCC(Nc2cc(-c3ccccc3O)nc3c(Br)cnn23)CC1. The fraction of sp³-hybridized carbons (Fsp3) is 0.261. The van der Waals surface area contributed by atoms with E-state index in [1.165, 1.54) is 0 Å². The fourth-order valence-electron chi connectivity index (χ4n) is 4.15. The fourth-order valence-corrected chi connectivity index (χ4v) is 4.50. The summed E-state index contributed by atoms with van der Waals surface area (Å²) < 4.78 is 4.40. The van der Waals surface area contributed by atoms with Gasteiger partial charge in [0.25, 0.3) is 5.91 Å². The average molecular weight is 495 g/mol. The Morgan fingerprint density at radius 1 is 1.19 bits per heavy atom. The number of aromatic hydroxyl groups is 1. The normalized spacial score (nSPS) is 14.8. The number of fused-ring (bicyclic) bond motifs is 1. The summed E-state index contributed by atoms with van der Waals surface area (Å²) in [6, 6.07) is 13.0. The van der Waals surface area contributed by atoms with Crippen LogP contribution in [-0.2, 0) is 7.05 Å². The predicted molar refractivity (Wildman–Crippen MR) is 126 cm³/mol. The smallest absolute Gasteiger partial charge is 0.270 e. The molecule has 0 atom stereocenters. The number of phenols is 1. The molecule has 9 heteroatoms. The molecule has 1 aliphatic rings. The molecule has 0 aliphatic carbocycles. The number of amides is 1. The molecule has 1 aromatic carbocycles. The molecule has 1 fully saturated rings. The van der Waals surface area contributed by atoms with E-state index in [0.717, 1.165) is 23.1 Å². The minimum atomic E-state index is 0.0695. The van der Waals surface area contributed by atoms with Crippen LogP contribution >= 0.6 is 15.9 Å². The number of carbonyl (C=O) groups excluding carboxylic acids is 1. The van der Waals surface area contributed by atoms with Gasteiger partial charge in [0.05, 0.1) is 16.4 Å². The Balaban J connectivity index is 1.37. The zero-order valence-corrected chi connectivity index (χ0v) is 19.2. The van der Waals surface area contributed by atoms with E-state index in [0.29, 0.717) is 35.7 Å². The van der Waals surface area contributed by atoms with E-state index >= 15 is 0 Å². The number of aryl methyl sites for hydroxylation is 1. The number of anilines is 1. The molecular formula is C23H23BrN6O2. The second-order valence-electron chi connectivity index (χ2n) is 7.99. The maximum absolute atomic E-state index is 12.8. The van der Waals surface area contributed by atoms with Gasteiger partial charge in [-0.1, -0.05) is 12.1 Å². The molecule has 8 nitrogen and oxygen atoms in total. The second kappa shape index (κ2) is 8.31. The first-order chi connectivity index (χ1) is 15.5. The number of phenolic OH excluding ortho intramolecular Hbond substituents is 1. The molecule has 0 saturated carbocycles. The molecule has 1 aliphatic heterocycles. The summed E-state index contributed by atoms with van der Waals surface area (Å²) in [5.74, 6) is 1.05. The number of hydrogen-bond acceptors (Lipinski definition) is 5. The van der Waals surface area contributed by atoms with Gasteiger partial charge < -0.3 is 19.9 Å². The number of piperidine rings is 1. The monoisotopic (exact) mass is 494 g/mol. The highest BCUT2D eigenvalue weighted by molar-refractivity contribution is 9.10. The first-order valence-electron chi connectivity index (χ1n) is 10.5. The molecular weight excluding hydrogens is 472 g/mol. The Hall–Kier alpha value is -3.33. The molecule has 0 bridgehead atoms. The van der Waals surface area contributed by atoms with Crippen molar-refractivity contribution in [1.82, 2.24) is 24.1 Å². The van der Waals surface area contributed by atoms with Crippen molar-refractivity contribution in [3.63, 3.8) is 0 Å². The van der Waals surface area contributed by atoms with Crippen LogP contribution in [-0.4, -0.2) is 54.2 Å². The van der Waals surface area contributed by atoms with Crippen molar-refractivity contribution in [2.75, 3.05) is 18.4 Å². The van der Waals surface area contributed by atoms with E-state index < -0.39 is 0 Å². The summed E-state index contributed by atoms with van der Waals surface area (Å²) in [7, 11) is 1.89. The van der Waals surface area contributed by atoms with Crippen molar-refractivity contribution in [3.8, 4) is 17.0 Å². The zero-order chi connectivity index (χ0) is 22.2. The number of nitrogens with one attached hydrogen (secondary N) is 1.